The molecule has 5 heteroatoms. The van der Waals surface area contributed by atoms with E-state index in [1.54, 1.807) is 6.92 Å². The van der Waals surface area contributed by atoms with Gasteiger partial charge in [0, 0.05) is 5.39 Å². The largest absolute Gasteiger partial charge is 0.462 e. The highest BCUT2D eigenvalue weighted by Gasteiger charge is 2.20. The maximum Gasteiger partial charge on any atom is 0.342 e. The van der Waals surface area contributed by atoms with Gasteiger partial charge in [-0.3, -0.25) is 0 Å². The van der Waals surface area contributed by atoms with Crippen LogP contribution in [-0.4, -0.2) is 17.6 Å². The Hall–Kier alpha value is -2.04. The molecule has 4 nitrogen and oxygen atoms in total. The lowest BCUT2D eigenvalue weighted by atomic mass is 10.1. The van der Waals surface area contributed by atoms with Crippen LogP contribution < -0.4 is 5.73 Å². The summed E-state index contributed by atoms with van der Waals surface area (Å²) in [7, 11) is 0. The minimum atomic E-state index is -0.533. The second-order valence-electron chi connectivity index (χ2n) is 3.98. The van der Waals surface area contributed by atoms with Gasteiger partial charge in [-0.25, -0.2) is 9.18 Å². The summed E-state index contributed by atoms with van der Waals surface area (Å²) in [6, 6.07) is 2.74. The van der Waals surface area contributed by atoms with Gasteiger partial charge in [0.2, 0.25) is 0 Å². The fourth-order valence-corrected chi connectivity index (χ4v) is 2.05. The zero-order valence-electron chi connectivity index (χ0n) is 10.3. The van der Waals surface area contributed by atoms with Crippen LogP contribution in [0.3, 0.4) is 0 Å². The Kier molecular flexibility index (Phi) is 3.23. The van der Waals surface area contributed by atoms with Gasteiger partial charge in [-0.2, -0.15) is 0 Å². The topological polar surface area (TPSA) is 68.1 Å². The molecule has 0 atom stereocenters. The van der Waals surface area contributed by atoms with Crippen LogP contribution in [0.25, 0.3) is 10.9 Å². The first-order valence-corrected chi connectivity index (χ1v) is 5.85. The van der Waals surface area contributed by atoms with Gasteiger partial charge in [0.1, 0.15) is 17.2 Å². The SMILES string of the molecule is CCOC(=O)c1c(N)[nH]c2c(CC)cc(F)cc12. The van der Waals surface area contributed by atoms with E-state index >= 15 is 0 Å². The zero-order valence-corrected chi connectivity index (χ0v) is 10.3. The number of carbonyl (C=O) groups is 1. The van der Waals surface area contributed by atoms with Crippen LogP contribution in [0.2, 0.25) is 0 Å². The van der Waals surface area contributed by atoms with Crippen LogP contribution >= 0.6 is 0 Å². The van der Waals surface area contributed by atoms with Crippen molar-refractivity contribution in [3.8, 4) is 0 Å². The molecule has 0 fully saturated rings. The van der Waals surface area contributed by atoms with Crippen LogP contribution in [-0.2, 0) is 11.2 Å². The van der Waals surface area contributed by atoms with Crippen molar-refractivity contribution in [1.82, 2.24) is 4.98 Å². The molecule has 0 aliphatic rings. The Balaban J connectivity index is 2.70. The number of esters is 1. The summed E-state index contributed by atoms with van der Waals surface area (Å²) in [5, 5.41) is 0.475. The number of halogens is 1. The van der Waals surface area contributed by atoms with Crippen LogP contribution in [0.4, 0.5) is 10.2 Å². The molecule has 0 saturated carbocycles. The normalized spacial score (nSPS) is 10.8. The number of aryl methyl sites for hydroxylation is 1. The number of nitrogen functional groups attached to an aromatic ring is 1. The Morgan fingerprint density at radius 1 is 1.44 bits per heavy atom. The first-order valence-electron chi connectivity index (χ1n) is 5.85. The summed E-state index contributed by atoms with van der Waals surface area (Å²) in [4.78, 5) is 14.7. The van der Waals surface area contributed by atoms with Crippen LogP contribution in [0.1, 0.15) is 29.8 Å². The molecule has 96 valence electrons. The van der Waals surface area contributed by atoms with Gasteiger partial charge < -0.3 is 15.5 Å². The zero-order chi connectivity index (χ0) is 13.3. The van der Waals surface area contributed by atoms with E-state index in [0.717, 1.165) is 5.56 Å². The Morgan fingerprint density at radius 3 is 2.78 bits per heavy atom. The van der Waals surface area contributed by atoms with Crippen molar-refractivity contribution in [2.24, 2.45) is 0 Å². The van der Waals surface area contributed by atoms with Crippen molar-refractivity contribution in [2.75, 3.05) is 12.3 Å². The van der Waals surface area contributed by atoms with Crippen molar-refractivity contribution in [3.05, 3.63) is 29.1 Å². The first kappa shape index (κ1) is 12.4. The minimum Gasteiger partial charge on any atom is -0.462 e. The van der Waals surface area contributed by atoms with E-state index in [4.69, 9.17) is 10.5 Å². The highest BCUT2D eigenvalue weighted by atomic mass is 19.1. The summed E-state index contributed by atoms with van der Waals surface area (Å²) < 4.78 is 18.4. The number of anilines is 1. The monoisotopic (exact) mass is 250 g/mol. The third-order valence-corrected chi connectivity index (χ3v) is 2.84. The van der Waals surface area contributed by atoms with Crippen molar-refractivity contribution >= 4 is 22.7 Å². The van der Waals surface area contributed by atoms with Crippen molar-refractivity contribution < 1.29 is 13.9 Å². The minimum absolute atomic E-state index is 0.209. The molecule has 3 N–H and O–H groups in total. The van der Waals surface area contributed by atoms with E-state index in [1.807, 2.05) is 6.92 Å². The second-order valence-corrected chi connectivity index (χ2v) is 3.98. The molecule has 0 unspecified atom stereocenters. The number of aromatic amines is 1. The number of fused-ring (bicyclic) bond motifs is 1. The number of hydrogen-bond acceptors (Lipinski definition) is 3. The molecule has 0 amide bonds. The average Bonchev–Trinajstić information content (AvgIpc) is 2.64. The Labute approximate surface area is 104 Å². The highest BCUT2D eigenvalue weighted by molar-refractivity contribution is 6.09. The third-order valence-electron chi connectivity index (χ3n) is 2.84. The van der Waals surface area contributed by atoms with Crippen molar-refractivity contribution in [1.29, 1.82) is 0 Å². The lowest BCUT2D eigenvalue weighted by Crippen LogP contribution is -2.06. The summed E-state index contributed by atoms with van der Waals surface area (Å²) >= 11 is 0. The molecule has 0 saturated heterocycles. The lowest BCUT2D eigenvalue weighted by Gasteiger charge is -2.02. The maximum absolute atomic E-state index is 13.5. The van der Waals surface area contributed by atoms with Gasteiger partial charge >= 0.3 is 5.97 Å². The fourth-order valence-electron chi connectivity index (χ4n) is 2.05. The molecular formula is C13H15FN2O2. The van der Waals surface area contributed by atoms with E-state index in [9.17, 15) is 9.18 Å². The molecule has 2 aromatic rings. The van der Waals surface area contributed by atoms with Crippen LogP contribution in [0, 0.1) is 5.82 Å². The maximum atomic E-state index is 13.5. The molecule has 0 radical (unpaired) electrons. The lowest BCUT2D eigenvalue weighted by molar-refractivity contribution is 0.0530. The molecule has 0 bridgehead atoms. The number of rotatable bonds is 3. The summed E-state index contributed by atoms with van der Waals surface area (Å²) in [6.45, 7) is 3.87. The molecule has 18 heavy (non-hydrogen) atoms. The predicted molar refractivity (Wildman–Crippen MR) is 68.0 cm³/mol. The van der Waals surface area contributed by atoms with Gasteiger partial charge in [-0.15, -0.1) is 0 Å². The smallest absolute Gasteiger partial charge is 0.342 e. The highest BCUT2D eigenvalue weighted by Crippen LogP contribution is 2.29. The standard InChI is InChI=1S/C13H15FN2O2/c1-3-7-5-8(14)6-9-10(13(17)18-4-2)12(15)16-11(7)9/h5-6,16H,3-4,15H2,1-2H3. The predicted octanol–water partition coefficient (Wildman–Crippen LogP) is 2.63. The fraction of sp³-hybridized carbons (Fsp3) is 0.308. The van der Waals surface area contributed by atoms with Crippen LogP contribution in [0.5, 0.6) is 0 Å². The van der Waals surface area contributed by atoms with E-state index in [-0.39, 0.29) is 23.8 Å². The average molecular weight is 250 g/mol. The molecule has 1 aromatic heterocycles. The molecule has 2 rings (SSSR count). The summed E-state index contributed by atoms with van der Waals surface area (Å²) in [6.07, 6.45) is 0.649. The van der Waals surface area contributed by atoms with Crippen molar-refractivity contribution in [2.45, 2.75) is 20.3 Å². The van der Waals surface area contributed by atoms with E-state index in [1.165, 1.54) is 12.1 Å². The third kappa shape index (κ3) is 1.92. The second kappa shape index (κ2) is 4.68. The van der Waals surface area contributed by atoms with E-state index < -0.39 is 5.97 Å². The number of H-pyrrole nitrogens is 1. The molecular weight excluding hydrogens is 235 g/mol. The molecule has 1 aromatic carbocycles. The number of aromatic nitrogens is 1. The molecule has 0 aliphatic heterocycles. The van der Waals surface area contributed by atoms with Crippen LogP contribution in [0.15, 0.2) is 12.1 Å². The Bertz CT molecular complexity index is 605. The van der Waals surface area contributed by atoms with Crippen molar-refractivity contribution in [3.63, 3.8) is 0 Å². The molecule has 0 aliphatic carbocycles. The quantitative estimate of drug-likeness (QED) is 0.823. The van der Waals surface area contributed by atoms with Gasteiger partial charge in [0.05, 0.1) is 12.1 Å². The number of carbonyl (C=O) groups excluding carboxylic acids is 1. The van der Waals surface area contributed by atoms with Gasteiger partial charge in [-0.05, 0) is 31.0 Å². The molecule has 1 heterocycles. The Morgan fingerprint density at radius 2 is 2.17 bits per heavy atom. The first-order chi connectivity index (χ1) is 8.58. The van der Waals surface area contributed by atoms with Gasteiger partial charge in [0.25, 0.3) is 0 Å². The number of ether oxygens (including phenoxy) is 1. The number of hydrogen-bond donors (Lipinski definition) is 2. The number of nitrogens with one attached hydrogen (secondary N) is 1. The van der Waals surface area contributed by atoms with E-state index in [0.29, 0.717) is 17.3 Å². The summed E-state index contributed by atoms with van der Waals surface area (Å²) in [5.74, 6) is -0.707. The number of nitrogens with two attached hydrogens (primary N) is 1. The van der Waals surface area contributed by atoms with Gasteiger partial charge in [0.15, 0.2) is 0 Å². The summed E-state index contributed by atoms with van der Waals surface area (Å²) in [5.41, 5.74) is 7.47. The molecule has 0 spiro atoms. The number of benzene rings is 1. The van der Waals surface area contributed by atoms with Gasteiger partial charge in [-0.1, -0.05) is 6.92 Å². The van der Waals surface area contributed by atoms with E-state index in [2.05, 4.69) is 4.98 Å².